The van der Waals surface area contributed by atoms with Crippen LogP contribution in [0.3, 0.4) is 0 Å². The third-order valence-corrected chi connectivity index (χ3v) is 8.43. The molecule has 2 fully saturated rings. The van der Waals surface area contributed by atoms with Crippen LogP contribution >= 0.6 is 11.6 Å². The zero-order valence-electron chi connectivity index (χ0n) is 24.0. The zero-order valence-corrected chi connectivity index (χ0v) is 24.7. The number of ether oxygens (including phenoxy) is 3. The molecule has 2 aromatic carbocycles. The van der Waals surface area contributed by atoms with Crippen LogP contribution in [0.25, 0.3) is 11.0 Å². The third kappa shape index (κ3) is 6.46. The normalized spacial score (nSPS) is 17.6. The standard InChI is InChI=1S/C32H34ClFN4O5/c1-2-41-28-15-22(32(39)40)14-27-30(28)36-29(38(27)17-24-9-13-42-24)18-37-11-7-20(8-12-37)25-4-3-10-35-31(25)43-19-21-5-6-23(33)16-26(21)34/h3-6,10,14-16,20,24H,2,7-9,11-13,17-19H2,1H3,(H,39,40). The molecule has 0 spiro atoms. The Morgan fingerprint density at radius 2 is 1.98 bits per heavy atom. The topological polar surface area (TPSA) is 98.9 Å². The maximum Gasteiger partial charge on any atom is 0.335 e. The summed E-state index contributed by atoms with van der Waals surface area (Å²) in [6.45, 7) is 6.00. The summed E-state index contributed by atoms with van der Waals surface area (Å²) in [6, 6.07) is 11.7. The van der Waals surface area contributed by atoms with E-state index in [4.69, 9.17) is 30.8 Å². The quantitative estimate of drug-likeness (QED) is 0.219. The lowest BCUT2D eigenvalue weighted by Gasteiger charge is -2.33. The van der Waals surface area contributed by atoms with E-state index in [0.717, 1.165) is 55.9 Å². The van der Waals surface area contributed by atoms with Crippen molar-refractivity contribution in [3.8, 4) is 11.6 Å². The number of likely N-dealkylation sites (tertiary alicyclic amines) is 1. The number of aromatic carboxylic acids is 1. The summed E-state index contributed by atoms with van der Waals surface area (Å²) < 4.78 is 33.9. The lowest BCUT2D eigenvalue weighted by atomic mass is 9.90. The number of carbonyl (C=O) groups is 1. The molecular formula is C32H34ClFN4O5. The van der Waals surface area contributed by atoms with Crippen LogP contribution in [-0.4, -0.2) is 62.9 Å². The number of halogens is 2. The number of benzene rings is 2. The Morgan fingerprint density at radius 1 is 1.16 bits per heavy atom. The van der Waals surface area contributed by atoms with Crippen LogP contribution in [0.5, 0.6) is 11.6 Å². The van der Waals surface area contributed by atoms with Gasteiger partial charge in [0.2, 0.25) is 5.88 Å². The van der Waals surface area contributed by atoms with Gasteiger partial charge in [0.25, 0.3) is 0 Å². The minimum absolute atomic E-state index is 0.0696. The van der Waals surface area contributed by atoms with Crippen LogP contribution in [-0.2, 0) is 24.4 Å². The van der Waals surface area contributed by atoms with Gasteiger partial charge in [-0.15, -0.1) is 0 Å². The number of hydrogen-bond acceptors (Lipinski definition) is 7. The fraction of sp³-hybridized carbons (Fsp3) is 0.406. The van der Waals surface area contributed by atoms with E-state index in [-0.39, 0.29) is 24.2 Å². The molecule has 43 heavy (non-hydrogen) atoms. The number of piperidine rings is 1. The van der Waals surface area contributed by atoms with Crippen molar-refractivity contribution in [1.29, 1.82) is 0 Å². The van der Waals surface area contributed by atoms with Crippen LogP contribution in [0.1, 0.15) is 59.4 Å². The molecule has 226 valence electrons. The lowest BCUT2D eigenvalue weighted by Crippen LogP contribution is -2.35. The number of rotatable bonds is 11. The van der Waals surface area contributed by atoms with Gasteiger partial charge in [-0.05, 0) is 75.5 Å². The molecule has 4 heterocycles. The summed E-state index contributed by atoms with van der Waals surface area (Å²) in [5, 5.41) is 10.1. The first-order valence-electron chi connectivity index (χ1n) is 14.6. The first kappa shape index (κ1) is 29.3. The Morgan fingerprint density at radius 3 is 2.67 bits per heavy atom. The number of pyridine rings is 1. The molecule has 0 amide bonds. The van der Waals surface area contributed by atoms with E-state index in [1.165, 1.54) is 6.07 Å². The van der Waals surface area contributed by atoms with E-state index in [2.05, 4.69) is 14.5 Å². The number of carboxylic acids is 1. The average Bonchev–Trinajstić information content (AvgIpc) is 3.32. The minimum atomic E-state index is -1.00. The van der Waals surface area contributed by atoms with E-state index >= 15 is 0 Å². The number of hydrogen-bond donors (Lipinski definition) is 1. The van der Waals surface area contributed by atoms with Gasteiger partial charge in [0.15, 0.2) is 0 Å². The fourth-order valence-corrected chi connectivity index (χ4v) is 5.97. The van der Waals surface area contributed by atoms with Crippen molar-refractivity contribution in [2.45, 2.75) is 57.9 Å². The first-order valence-corrected chi connectivity index (χ1v) is 15.0. The maximum atomic E-state index is 14.3. The Labute approximate surface area is 254 Å². The molecule has 1 N–H and O–H groups in total. The second-order valence-electron chi connectivity index (χ2n) is 11.0. The summed E-state index contributed by atoms with van der Waals surface area (Å²) in [5.41, 5.74) is 3.04. The van der Waals surface area contributed by atoms with Crippen molar-refractivity contribution in [1.82, 2.24) is 19.4 Å². The molecular weight excluding hydrogens is 575 g/mol. The molecule has 1 atom stereocenters. The van der Waals surface area contributed by atoms with Crippen molar-refractivity contribution in [3.63, 3.8) is 0 Å². The van der Waals surface area contributed by atoms with Crippen molar-refractivity contribution in [2.75, 3.05) is 26.3 Å². The summed E-state index contributed by atoms with van der Waals surface area (Å²) >= 11 is 5.89. The Kier molecular flexibility index (Phi) is 8.78. The maximum absolute atomic E-state index is 14.3. The first-order chi connectivity index (χ1) is 20.9. The second-order valence-corrected chi connectivity index (χ2v) is 11.4. The monoisotopic (exact) mass is 608 g/mol. The highest BCUT2D eigenvalue weighted by atomic mass is 35.5. The average molecular weight is 609 g/mol. The summed E-state index contributed by atoms with van der Waals surface area (Å²) in [6.07, 6.45) is 4.53. The summed E-state index contributed by atoms with van der Waals surface area (Å²) in [5.74, 6) is 0.711. The van der Waals surface area contributed by atoms with Crippen molar-refractivity contribution < 1.29 is 28.5 Å². The summed E-state index contributed by atoms with van der Waals surface area (Å²) in [4.78, 5) is 23.7. The van der Waals surface area contributed by atoms with Gasteiger partial charge in [0.1, 0.15) is 29.5 Å². The molecule has 1 unspecified atom stereocenters. The molecule has 0 radical (unpaired) electrons. The molecule has 0 aliphatic carbocycles. The van der Waals surface area contributed by atoms with Crippen LogP contribution in [0.2, 0.25) is 5.02 Å². The second kappa shape index (κ2) is 12.9. The van der Waals surface area contributed by atoms with Crippen LogP contribution in [0.4, 0.5) is 4.39 Å². The number of fused-ring (bicyclic) bond motifs is 1. The highest BCUT2D eigenvalue weighted by Gasteiger charge is 2.28. The van der Waals surface area contributed by atoms with Gasteiger partial charge in [0.05, 0.1) is 36.9 Å². The molecule has 11 heteroatoms. The van der Waals surface area contributed by atoms with E-state index in [0.29, 0.717) is 47.4 Å². The highest BCUT2D eigenvalue weighted by molar-refractivity contribution is 6.30. The van der Waals surface area contributed by atoms with Gasteiger partial charge in [-0.2, -0.15) is 0 Å². The molecule has 4 aromatic rings. The smallest absolute Gasteiger partial charge is 0.335 e. The Balaban J connectivity index is 1.18. The number of carboxylic acid groups (broad SMARTS) is 1. The van der Waals surface area contributed by atoms with E-state index in [1.807, 2.05) is 19.1 Å². The third-order valence-electron chi connectivity index (χ3n) is 8.20. The lowest BCUT2D eigenvalue weighted by molar-refractivity contribution is -0.0592. The molecule has 9 nitrogen and oxygen atoms in total. The summed E-state index contributed by atoms with van der Waals surface area (Å²) in [7, 11) is 0. The molecule has 2 aliphatic heterocycles. The van der Waals surface area contributed by atoms with Crippen LogP contribution < -0.4 is 9.47 Å². The molecule has 0 saturated carbocycles. The van der Waals surface area contributed by atoms with Crippen molar-refractivity contribution in [2.24, 2.45) is 0 Å². The Hall–Kier alpha value is -3.73. The van der Waals surface area contributed by atoms with E-state index in [9.17, 15) is 14.3 Å². The Bertz CT molecular complexity index is 1620. The van der Waals surface area contributed by atoms with Gasteiger partial charge >= 0.3 is 5.97 Å². The number of aromatic nitrogens is 3. The number of imidazole rings is 1. The highest BCUT2D eigenvalue weighted by Crippen LogP contribution is 2.35. The van der Waals surface area contributed by atoms with Gasteiger partial charge < -0.3 is 23.9 Å². The largest absolute Gasteiger partial charge is 0.492 e. The predicted octanol–water partition coefficient (Wildman–Crippen LogP) is 6.07. The van der Waals surface area contributed by atoms with E-state index < -0.39 is 11.8 Å². The zero-order chi connectivity index (χ0) is 29.9. The molecule has 2 aromatic heterocycles. The molecule has 2 aliphatic rings. The van der Waals surface area contributed by atoms with Crippen LogP contribution in [0, 0.1) is 5.82 Å². The van der Waals surface area contributed by atoms with Gasteiger partial charge in [-0.3, -0.25) is 4.90 Å². The fourth-order valence-electron chi connectivity index (χ4n) is 5.81. The molecule has 0 bridgehead atoms. The van der Waals surface area contributed by atoms with Gasteiger partial charge in [0, 0.05) is 29.0 Å². The predicted molar refractivity (Wildman–Crippen MR) is 159 cm³/mol. The molecule has 2 saturated heterocycles. The van der Waals surface area contributed by atoms with E-state index in [1.54, 1.807) is 30.5 Å². The van der Waals surface area contributed by atoms with Crippen LogP contribution in [0.15, 0.2) is 48.7 Å². The van der Waals surface area contributed by atoms with Gasteiger partial charge in [-0.1, -0.05) is 23.7 Å². The number of nitrogens with zero attached hydrogens (tertiary/aromatic N) is 4. The SMILES string of the molecule is CCOc1cc(C(=O)O)cc2c1nc(CN1CCC(c3cccnc3OCc3ccc(Cl)cc3F)CC1)n2CC1CCO1. The molecule has 6 rings (SSSR count). The minimum Gasteiger partial charge on any atom is -0.492 e. The van der Waals surface area contributed by atoms with Crippen molar-refractivity contribution >= 4 is 28.6 Å². The van der Waals surface area contributed by atoms with Gasteiger partial charge in [-0.25, -0.2) is 19.2 Å². The van der Waals surface area contributed by atoms with Crippen molar-refractivity contribution in [3.05, 3.63) is 82.0 Å².